The predicted octanol–water partition coefficient (Wildman–Crippen LogP) is 2.23. The summed E-state index contributed by atoms with van der Waals surface area (Å²) in [6, 6.07) is 18.1. The molecule has 0 fully saturated rings. The van der Waals surface area contributed by atoms with Gasteiger partial charge in [0.2, 0.25) is 5.91 Å². The molecule has 31 heavy (non-hydrogen) atoms. The number of aliphatic hydroxyl groups is 1. The average molecular weight is 418 g/mol. The lowest BCUT2D eigenvalue weighted by Crippen LogP contribution is -2.31. The molecule has 0 saturated carbocycles. The van der Waals surface area contributed by atoms with Crippen molar-refractivity contribution in [1.29, 1.82) is 0 Å². The van der Waals surface area contributed by atoms with E-state index < -0.39 is 12.1 Å². The van der Waals surface area contributed by atoms with Crippen LogP contribution >= 0.6 is 0 Å². The molecular formula is C24H26N4O3. The molecule has 3 aromatic rings. The number of aryl methyl sites for hydroxylation is 1. The Morgan fingerprint density at radius 1 is 1.13 bits per heavy atom. The monoisotopic (exact) mass is 418 g/mol. The van der Waals surface area contributed by atoms with Crippen molar-refractivity contribution in [2.75, 3.05) is 18.4 Å². The summed E-state index contributed by atoms with van der Waals surface area (Å²) in [7, 11) is 0. The molecule has 3 N–H and O–H groups in total. The molecule has 1 aliphatic rings. The standard InChI is InChI=1S/C24H26N4O3/c29-21(18-4-2-1-3-5-18)16-25-14-12-17-6-8-19(9-7-17)27-24(31)20-10-11-22-26-15-13-23(30)28(20)22/h1-9,13,15,20-21,25,29H,10-12,14,16H2,(H,27,31)/t20-,21-/m0/s1. The molecule has 1 aromatic heterocycles. The Morgan fingerprint density at radius 3 is 2.68 bits per heavy atom. The lowest BCUT2D eigenvalue weighted by molar-refractivity contribution is -0.119. The van der Waals surface area contributed by atoms with E-state index in [2.05, 4.69) is 15.6 Å². The second kappa shape index (κ2) is 9.68. The quantitative estimate of drug-likeness (QED) is 0.488. The van der Waals surface area contributed by atoms with Gasteiger partial charge in [0, 0.05) is 30.9 Å². The van der Waals surface area contributed by atoms with E-state index in [0.717, 1.165) is 24.1 Å². The Morgan fingerprint density at radius 2 is 1.90 bits per heavy atom. The lowest BCUT2D eigenvalue weighted by atomic mass is 10.1. The highest BCUT2D eigenvalue weighted by molar-refractivity contribution is 5.94. The van der Waals surface area contributed by atoms with Crippen molar-refractivity contribution in [3.05, 3.63) is 94.2 Å². The van der Waals surface area contributed by atoms with Crippen LogP contribution in [0.3, 0.4) is 0 Å². The second-order valence-corrected chi connectivity index (χ2v) is 7.69. The van der Waals surface area contributed by atoms with E-state index in [1.54, 1.807) is 0 Å². The smallest absolute Gasteiger partial charge is 0.254 e. The molecule has 7 nitrogen and oxygen atoms in total. The Labute approximate surface area is 180 Å². The number of amides is 1. The summed E-state index contributed by atoms with van der Waals surface area (Å²) in [4.78, 5) is 29.0. The Bertz CT molecular complexity index is 1080. The van der Waals surface area contributed by atoms with Gasteiger partial charge in [0.25, 0.3) is 5.56 Å². The number of aromatic nitrogens is 2. The third-order valence-electron chi connectivity index (χ3n) is 5.55. The maximum atomic E-state index is 12.7. The fraction of sp³-hybridized carbons (Fsp3) is 0.292. The van der Waals surface area contributed by atoms with Crippen LogP contribution < -0.4 is 16.2 Å². The van der Waals surface area contributed by atoms with Crippen molar-refractivity contribution in [2.24, 2.45) is 0 Å². The molecule has 4 rings (SSSR count). The number of fused-ring (bicyclic) bond motifs is 1. The summed E-state index contributed by atoms with van der Waals surface area (Å²) in [6.45, 7) is 1.24. The lowest BCUT2D eigenvalue weighted by Gasteiger charge is -2.14. The van der Waals surface area contributed by atoms with Gasteiger partial charge in [-0.05, 0) is 42.6 Å². The second-order valence-electron chi connectivity index (χ2n) is 7.69. The van der Waals surface area contributed by atoms with Crippen molar-refractivity contribution in [2.45, 2.75) is 31.4 Å². The number of aliphatic hydroxyl groups excluding tert-OH is 1. The van der Waals surface area contributed by atoms with Gasteiger partial charge < -0.3 is 15.7 Å². The number of nitrogens with zero attached hydrogens (tertiary/aromatic N) is 2. The molecule has 0 aliphatic carbocycles. The summed E-state index contributed by atoms with van der Waals surface area (Å²) in [6.07, 6.45) is 2.98. The SMILES string of the molecule is O=C(Nc1ccc(CCNC[C@H](O)c2ccccc2)cc1)[C@@H]1CCc2nccc(=O)n21. The summed E-state index contributed by atoms with van der Waals surface area (Å²) < 4.78 is 1.49. The van der Waals surface area contributed by atoms with E-state index in [-0.39, 0.29) is 11.5 Å². The van der Waals surface area contributed by atoms with Crippen LogP contribution in [0.5, 0.6) is 0 Å². The van der Waals surface area contributed by atoms with Crippen molar-refractivity contribution >= 4 is 11.6 Å². The van der Waals surface area contributed by atoms with Crippen molar-refractivity contribution in [3.63, 3.8) is 0 Å². The van der Waals surface area contributed by atoms with Crippen LogP contribution in [0.15, 0.2) is 71.7 Å². The minimum atomic E-state index is -0.526. The third kappa shape index (κ3) is 5.07. The molecule has 2 aromatic carbocycles. The van der Waals surface area contributed by atoms with Crippen LogP contribution in [0, 0.1) is 0 Å². The first-order chi connectivity index (χ1) is 15.1. The minimum Gasteiger partial charge on any atom is -0.387 e. The molecule has 1 amide bonds. The van der Waals surface area contributed by atoms with Crippen molar-refractivity contribution in [3.8, 4) is 0 Å². The number of carbonyl (C=O) groups excluding carboxylic acids is 1. The number of nitrogens with one attached hydrogen (secondary N) is 2. The molecule has 0 saturated heterocycles. The Hall–Kier alpha value is -3.29. The summed E-state index contributed by atoms with van der Waals surface area (Å²) in [5.74, 6) is 0.464. The van der Waals surface area contributed by atoms with Crippen LogP contribution in [-0.2, 0) is 17.6 Å². The molecular weight excluding hydrogens is 392 g/mol. The zero-order chi connectivity index (χ0) is 21.6. The molecule has 160 valence electrons. The highest BCUT2D eigenvalue weighted by Gasteiger charge is 2.29. The summed E-state index contributed by atoms with van der Waals surface area (Å²) in [5.41, 5.74) is 2.54. The first-order valence-electron chi connectivity index (χ1n) is 10.5. The number of rotatable bonds is 8. The largest absolute Gasteiger partial charge is 0.387 e. The van der Waals surface area contributed by atoms with Gasteiger partial charge in [-0.2, -0.15) is 0 Å². The highest BCUT2D eigenvalue weighted by Crippen LogP contribution is 2.23. The molecule has 0 bridgehead atoms. The van der Waals surface area contributed by atoms with Gasteiger partial charge >= 0.3 is 0 Å². The Kier molecular flexibility index (Phi) is 6.54. The fourth-order valence-corrected chi connectivity index (χ4v) is 3.86. The van der Waals surface area contributed by atoms with Crippen LogP contribution in [-0.4, -0.2) is 33.7 Å². The predicted molar refractivity (Wildman–Crippen MR) is 119 cm³/mol. The van der Waals surface area contributed by atoms with E-state index >= 15 is 0 Å². The minimum absolute atomic E-state index is 0.192. The molecule has 0 radical (unpaired) electrons. The van der Waals surface area contributed by atoms with Gasteiger partial charge in [0.15, 0.2) is 0 Å². The molecule has 0 spiro atoms. The van der Waals surface area contributed by atoms with E-state index in [1.165, 1.54) is 16.8 Å². The highest BCUT2D eigenvalue weighted by atomic mass is 16.3. The number of benzene rings is 2. The van der Waals surface area contributed by atoms with Gasteiger partial charge in [-0.3, -0.25) is 14.2 Å². The van der Waals surface area contributed by atoms with Gasteiger partial charge in [-0.25, -0.2) is 4.98 Å². The molecule has 2 heterocycles. The third-order valence-corrected chi connectivity index (χ3v) is 5.55. The van der Waals surface area contributed by atoms with Crippen LogP contribution in [0.2, 0.25) is 0 Å². The van der Waals surface area contributed by atoms with E-state index in [1.807, 2.05) is 54.6 Å². The van der Waals surface area contributed by atoms with E-state index in [9.17, 15) is 14.7 Å². The molecule has 0 unspecified atom stereocenters. The summed E-state index contributed by atoms with van der Waals surface area (Å²) >= 11 is 0. The zero-order valence-electron chi connectivity index (χ0n) is 17.2. The fourth-order valence-electron chi connectivity index (χ4n) is 3.86. The van der Waals surface area contributed by atoms with E-state index in [0.29, 0.717) is 30.9 Å². The molecule has 1 aliphatic heterocycles. The van der Waals surface area contributed by atoms with E-state index in [4.69, 9.17) is 0 Å². The van der Waals surface area contributed by atoms with Gasteiger partial charge in [-0.1, -0.05) is 42.5 Å². The first kappa shape index (κ1) is 21.0. The van der Waals surface area contributed by atoms with Crippen molar-refractivity contribution < 1.29 is 9.90 Å². The number of anilines is 1. The molecule has 7 heteroatoms. The Balaban J connectivity index is 1.25. The maximum Gasteiger partial charge on any atom is 0.254 e. The summed E-state index contributed by atoms with van der Waals surface area (Å²) in [5, 5.41) is 16.4. The zero-order valence-corrected chi connectivity index (χ0v) is 17.2. The normalized spacial score (nSPS) is 16.0. The topological polar surface area (TPSA) is 96.2 Å². The van der Waals surface area contributed by atoms with Crippen LogP contribution in [0.1, 0.15) is 35.5 Å². The van der Waals surface area contributed by atoms with Crippen LogP contribution in [0.4, 0.5) is 5.69 Å². The van der Waals surface area contributed by atoms with Gasteiger partial charge in [0.1, 0.15) is 11.9 Å². The number of carbonyl (C=O) groups is 1. The number of hydrogen-bond donors (Lipinski definition) is 3. The maximum absolute atomic E-state index is 12.7. The first-order valence-corrected chi connectivity index (χ1v) is 10.5. The average Bonchev–Trinajstić information content (AvgIpc) is 3.24. The molecule has 2 atom stereocenters. The van der Waals surface area contributed by atoms with Crippen molar-refractivity contribution in [1.82, 2.24) is 14.9 Å². The number of hydrogen-bond acceptors (Lipinski definition) is 5. The van der Waals surface area contributed by atoms with Crippen LogP contribution in [0.25, 0.3) is 0 Å². The van der Waals surface area contributed by atoms with Gasteiger partial charge in [-0.15, -0.1) is 0 Å². The van der Waals surface area contributed by atoms with Gasteiger partial charge in [0.05, 0.1) is 6.10 Å².